The van der Waals surface area contributed by atoms with Crippen LogP contribution in [0.2, 0.25) is 0 Å². The molecule has 1 aliphatic rings. The van der Waals surface area contributed by atoms with E-state index in [1.807, 2.05) is 0 Å². The van der Waals surface area contributed by atoms with Crippen LogP contribution < -0.4 is 5.32 Å². The zero-order chi connectivity index (χ0) is 13.6. The fourth-order valence-corrected chi connectivity index (χ4v) is 4.32. The number of hydrogen-bond acceptors (Lipinski definition) is 5. The average molecular weight is 303 g/mol. The van der Waals surface area contributed by atoms with Crippen LogP contribution in [-0.4, -0.2) is 45.7 Å². The molecule has 1 N–H and O–H groups in total. The molecular weight excluding hydrogens is 282 g/mol. The minimum Gasteiger partial charge on any atom is -0.377 e. The standard InChI is InChI=1S/C13H21NO3S2/c15-19(16,11-13-2-1-7-17-13)9-6-14-5-3-12-4-8-18-10-12/h4,8,10,13-14H,1-3,5-7,9,11H2. The zero-order valence-electron chi connectivity index (χ0n) is 11.0. The molecule has 0 saturated carbocycles. The Hall–Kier alpha value is -0.430. The first-order chi connectivity index (χ1) is 9.16. The maximum absolute atomic E-state index is 11.9. The first-order valence-electron chi connectivity index (χ1n) is 6.69. The summed E-state index contributed by atoms with van der Waals surface area (Å²) in [6, 6.07) is 2.10. The quantitative estimate of drug-likeness (QED) is 0.739. The van der Waals surface area contributed by atoms with Crippen molar-refractivity contribution in [1.29, 1.82) is 0 Å². The molecule has 0 radical (unpaired) electrons. The Bertz CT molecular complexity index is 450. The zero-order valence-corrected chi connectivity index (χ0v) is 12.6. The van der Waals surface area contributed by atoms with Crippen molar-refractivity contribution in [2.75, 3.05) is 31.2 Å². The summed E-state index contributed by atoms with van der Waals surface area (Å²) < 4.78 is 29.1. The fraction of sp³-hybridized carbons (Fsp3) is 0.692. The molecule has 1 fully saturated rings. The minimum atomic E-state index is -2.98. The van der Waals surface area contributed by atoms with E-state index in [-0.39, 0.29) is 17.6 Å². The second-order valence-corrected chi connectivity index (χ2v) is 7.89. The van der Waals surface area contributed by atoms with Gasteiger partial charge in [0.25, 0.3) is 0 Å². The number of ether oxygens (including phenoxy) is 1. The maximum atomic E-state index is 11.9. The normalized spacial score (nSPS) is 19.9. The highest BCUT2D eigenvalue weighted by molar-refractivity contribution is 7.91. The molecule has 0 amide bonds. The van der Waals surface area contributed by atoms with Gasteiger partial charge in [0.15, 0.2) is 9.84 Å². The summed E-state index contributed by atoms with van der Waals surface area (Å²) in [5.74, 6) is 0.385. The predicted octanol–water partition coefficient (Wildman–Crippen LogP) is 1.47. The molecule has 0 aliphatic carbocycles. The smallest absolute Gasteiger partial charge is 0.154 e. The monoisotopic (exact) mass is 303 g/mol. The molecule has 2 heterocycles. The van der Waals surface area contributed by atoms with E-state index in [0.29, 0.717) is 13.2 Å². The lowest BCUT2D eigenvalue weighted by molar-refractivity contribution is 0.127. The van der Waals surface area contributed by atoms with Gasteiger partial charge in [-0.15, -0.1) is 0 Å². The molecule has 0 bridgehead atoms. The molecule has 108 valence electrons. The predicted molar refractivity (Wildman–Crippen MR) is 78.5 cm³/mol. The van der Waals surface area contributed by atoms with Gasteiger partial charge in [0.2, 0.25) is 0 Å². The van der Waals surface area contributed by atoms with Crippen molar-refractivity contribution in [3.8, 4) is 0 Å². The second kappa shape index (κ2) is 7.38. The molecular formula is C13H21NO3S2. The number of sulfone groups is 1. The van der Waals surface area contributed by atoms with Gasteiger partial charge in [0.05, 0.1) is 17.6 Å². The van der Waals surface area contributed by atoms with Crippen LogP contribution in [0.5, 0.6) is 0 Å². The molecule has 1 aliphatic heterocycles. The van der Waals surface area contributed by atoms with Crippen LogP contribution >= 0.6 is 11.3 Å². The Morgan fingerprint density at radius 3 is 3.00 bits per heavy atom. The fourth-order valence-electron chi connectivity index (χ4n) is 2.16. The highest BCUT2D eigenvalue weighted by atomic mass is 32.2. The third-order valence-electron chi connectivity index (χ3n) is 3.22. The van der Waals surface area contributed by atoms with Crippen molar-refractivity contribution in [2.24, 2.45) is 0 Å². The summed E-state index contributed by atoms with van der Waals surface area (Å²) in [5, 5.41) is 7.37. The summed E-state index contributed by atoms with van der Waals surface area (Å²) in [7, 11) is -2.98. The van der Waals surface area contributed by atoms with Crippen molar-refractivity contribution in [3.63, 3.8) is 0 Å². The molecule has 1 aromatic heterocycles. The summed E-state index contributed by atoms with van der Waals surface area (Å²) >= 11 is 1.69. The van der Waals surface area contributed by atoms with Crippen LogP contribution in [0, 0.1) is 0 Å². The molecule has 19 heavy (non-hydrogen) atoms. The third kappa shape index (κ3) is 5.60. The summed E-state index contributed by atoms with van der Waals surface area (Å²) in [6.45, 7) is 2.06. The van der Waals surface area contributed by atoms with Crippen molar-refractivity contribution in [1.82, 2.24) is 5.32 Å². The Balaban J connectivity index is 1.58. The van der Waals surface area contributed by atoms with Crippen molar-refractivity contribution in [3.05, 3.63) is 22.4 Å². The molecule has 1 saturated heterocycles. The Kier molecular flexibility index (Phi) is 5.81. The van der Waals surface area contributed by atoms with E-state index in [1.165, 1.54) is 5.56 Å². The van der Waals surface area contributed by atoms with Crippen LogP contribution in [-0.2, 0) is 21.0 Å². The Labute approximate surface area is 119 Å². The van der Waals surface area contributed by atoms with Crippen LogP contribution in [0.15, 0.2) is 16.8 Å². The molecule has 2 rings (SSSR count). The van der Waals surface area contributed by atoms with Gasteiger partial charge < -0.3 is 10.1 Å². The highest BCUT2D eigenvalue weighted by Crippen LogP contribution is 2.14. The summed E-state index contributed by atoms with van der Waals surface area (Å²) in [4.78, 5) is 0. The van der Waals surface area contributed by atoms with Crippen LogP contribution in [0.4, 0.5) is 0 Å². The minimum absolute atomic E-state index is 0.0733. The molecule has 0 aromatic carbocycles. The summed E-state index contributed by atoms with van der Waals surface area (Å²) in [5.41, 5.74) is 1.31. The lowest BCUT2D eigenvalue weighted by Gasteiger charge is -2.10. The lowest BCUT2D eigenvalue weighted by Crippen LogP contribution is -2.29. The molecule has 0 spiro atoms. The van der Waals surface area contributed by atoms with Gasteiger partial charge >= 0.3 is 0 Å². The van der Waals surface area contributed by atoms with E-state index in [4.69, 9.17) is 4.74 Å². The number of hydrogen-bond donors (Lipinski definition) is 1. The van der Waals surface area contributed by atoms with Crippen molar-refractivity contribution < 1.29 is 13.2 Å². The average Bonchev–Trinajstić information content (AvgIpc) is 3.00. The van der Waals surface area contributed by atoms with Gasteiger partial charge in [-0.3, -0.25) is 0 Å². The number of nitrogens with one attached hydrogen (secondary N) is 1. The topological polar surface area (TPSA) is 55.4 Å². The van der Waals surface area contributed by atoms with Gasteiger partial charge in [0.1, 0.15) is 0 Å². The van der Waals surface area contributed by atoms with Crippen LogP contribution in [0.3, 0.4) is 0 Å². The SMILES string of the molecule is O=S(=O)(CCNCCc1ccsc1)CC1CCCO1. The van der Waals surface area contributed by atoms with E-state index in [1.54, 1.807) is 11.3 Å². The van der Waals surface area contributed by atoms with Gasteiger partial charge in [-0.2, -0.15) is 11.3 Å². The number of thiophene rings is 1. The van der Waals surface area contributed by atoms with Gasteiger partial charge in [-0.1, -0.05) is 0 Å². The summed E-state index contributed by atoms with van der Waals surface area (Å²) in [6.07, 6.45) is 2.75. The van der Waals surface area contributed by atoms with Crippen molar-refractivity contribution >= 4 is 21.2 Å². The van der Waals surface area contributed by atoms with Crippen molar-refractivity contribution in [2.45, 2.75) is 25.4 Å². The first kappa shape index (κ1) is 15.0. The second-order valence-electron chi connectivity index (χ2n) is 4.88. The Morgan fingerprint density at radius 1 is 1.42 bits per heavy atom. The largest absolute Gasteiger partial charge is 0.377 e. The number of rotatable bonds is 8. The van der Waals surface area contributed by atoms with E-state index in [0.717, 1.165) is 25.8 Å². The van der Waals surface area contributed by atoms with E-state index in [2.05, 4.69) is 22.1 Å². The Morgan fingerprint density at radius 2 is 2.32 bits per heavy atom. The molecule has 6 heteroatoms. The maximum Gasteiger partial charge on any atom is 0.154 e. The van der Waals surface area contributed by atoms with E-state index in [9.17, 15) is 8.42 Å². The van der Waals surface area contributed by atoms with Gasteiger partial charge in [0, 0.05) is 13.2 Å². The van der Waals surface area contributed by atoms with Crippen LogP contribution in [0.25, 0.3) is 0 Å². The molecule has 1 aromatic rings. The van der Waals surface area contributed by atoms with Crippen LogP contribution in [0.1, 0.15) is 18.4 Å². The molecule has 1 unspecified atom stereocenters. The molecule has 1 atom stereocenters. The van der Waals surface area contributed by atoms with E-state index < -0.39 is 9.84 Å². The third-order valence-corrected chi connectivity index (χ3v) is 5.66. The van der Waals surface area contributed by atoms with E-state index >= 15 is 0 Å². The lowest BCUT2D eigenvalue weighted by atomic mass is 10.2. The first-order valence-corrected chi connectivity index (χ1v) is 9.46. The van der Waals surface area contributed by atoms with Gasteiger partial charge in [-0.05, 0) is 48.2 Å². The van der Waals surface area contributed by atoms with Gasteiger partial charge in [-0.25, -0.2) is 8.42 Å². The molecule has 4 nitrogen and oxygen atoms in total. The highest BCUT2D eigenvalue weighted by Gasteiger charge is 2.22.